The van der Waals surface area contributed by atoms with Crippen molar-refractivity contribution in [3.8, 4) is 11.5 Å². The summed E-state index contributed by atoms with van der Waals surface area (Å²) in [5.74, 6) is -0.309. The summed E-state index contributed by atoms with van der Waals surface area (Å²) in [6.45, 7) is 0. The predicted molar refractivity (Wildman–Crippen MR) is 235 cm³/mol. The number of hydrogen-bond acceptors (Lipinski definition) is 14. The molecule has 2 aliphatic carbocycles. The molecule has 0 spiro atoms. The summed E-state index contributed by atoms with van der Waals surface area (Å²) < 4.78 is 30.7. The first-order chi connectivity index (χ1) is 31.4. The van der Waals surface area contributed by atoms with Crippen LogP contribution >= 0.6 is 0 Å². The molecule has 0 fully saturated rings. The first-order valence-electron chi connectivity index (χ1n) is 21.4. The van der Waals surface area contributed by atoms with Crippen molar-refractivity contribution in [1.82, 2.24) is 0 Å². The van der Waals surface area contributed by atoms with Crippen LogP contribution in [0.15, 0.2) is 149 Å². The van der Waals surface area contributed by atoms with E-state index < -0.39 is 65.1 Å². The Kier molecular flexibility index (Phi) is 12.4. The van der Waals surface area contributed by atoms with Crippen molar-refractivity contribution in [1.29, 1.82) is 0 Å². The minimum absolute atomic E-state index is 0.184. The van der Waals surface area contributed by atoms with Crippen molar-refractivity contribution in [2.24, 2.45) is 0 Å². The largest absolute Gasteiger partial charge is 0.484 e. The Morgan fingerprint density at radius 3 is 1.42 bits per heavy atom. The van der Waals surface area contributed by atoms with Gasteiger partial charge in [0, 0.05) is 37.5 Å². The molecule has 0 saturated carbocycles. The highest BCUT2D eigenvalue weighted by atomic mass is 16.5. The summed E-state index contributed by atoms with van der Waals surface area (Å²) in [6, 6.07) is 34.7. The van der Waals surface area contributed by atoms with Crippen LogP contribution in [0.2, 0.25) is 0 Å². The molecule has 0 unspecified atom stereocenters. The van der Waals surface area contributed by atoms with Gasteiger partial charge in [0.25, 0.3) is 0 Å². The smallest absolute Gasteiger partial charge is 0.196 e. The third-order valence-electron chi connectivity index (χ3n) is 12.1. The Morgan fingerprint density at radius 1 is 0.431 bits per heavy atom. The lowest BCUT2D eigenvalue weighted by molar-refractivity contribution is -0.121. The Labute approximate surface area is 370 Å². The van der Waals surface area contributed by atoms with Crippen LogP contribution < -0.4 is 25.8 Å². The van der Waals surface area contributed by atoms with E-state index in [9.17, 15) is 45.0 Å². The number of aryl methyl sites for hydroxylation is 6. The molecule has 2 aliphatic rings. The molecule has 334 valence electrons. The fraction of sp³-hybridized carbons (Fsp3) is 0.275. The Bertz CT molecular complexity index is 2980. The maximum Gasteiger partial charge on any atom is 0.196 e. The molecule has 3 aromatic heterocycles. The molecular weight excluding hydrogens is 837 g/mol. The van der Waals surface area contributed by atoms with Gasteiger partial charge in [-0.3, -0.25) is 14.4 Å². The fourth-order valence-corrected chi connectivity index (χ4v) is 8.63. The second-order valence-corrected chi connectivity index (χ2v) is 16.4. The molecular formula is C51H46O14. The molecule has 4 aromatic carbocycles. The Morgan fingerprint density at radius 2 is 0.877 bits per heavy atom. The summed E-state index contributed by atoms with van der Waals surface area (Å²) in [7, 11) is 0. The van der Waals surface area contributed by atoms with Crippen molar-refractivity contribution in [2.45, 2.75) is 87.4 Å². The first kappa shape index (κ1) is 43.6. The van der Waals surface area contributed by atoms with Gasteiger partial charge in [0.1, 0.15) is 76.6 Å². The van der Waals surface area contributed by atoms with Gasteiger partial charge in [-0.1, -0.05) is 91.0 Å². The van der Waals surface area contributed by atoms with Gasteiger partial charge in [0.15, 0.2) is 39.8 Å². The van der Waals surface area contributed by atoms with Crippen LogP contribution in [0.3, 0.4) is 0 Å². The summed E-state index contributed by atoms with van der Waals surface area (Å²) in [6.07, 6.45) is -12.0. The molecule has 14 nitrogen and oxygen atoms in total. The number of ether oxygens (including phenoxy) is 2. The normalized spacial score (nSPS) is 22.6. The fourth-order valence-electron chi connectivity index (χ4n) is 8.63. The summed E-state index contributed by atoms with van der Waals surface area (Å²) in [5, 5.41) is 67.6. The van der Waals surface area contributed by atoms with Crippen molar-refractivity contribution >= 4 is 11.0 Å². The number of aliphatic hydroxyl groups excluding tert-OH is 6. The topological polar surface area (TPSA) is 230 Å². The lowest BCUT2D eigenvalue weighted by atomic mass is 9.86. The van der Waals surface area contributed by atoms with E-state index in [1.54, 1.807) is 0 Å². The molecule has 0 amide bonds. The van der Waals surface area contributed by atoms with Gasteiger partial charge in [0.05, 0.1) is 11.1 Å². The monoisotopic (exact) mass is 882 g/mol. The predicted octanol–water partition coefficient (Wildman–Crippen LogP) is 4.83. The van der Waals surface area contributed by atoms with Crippen molar-refractivity contribution in [2.75, 3.05) is 0 Å². The van der Waals surface area contributed by atoms with Crippen molar-refractivity contribution in [3.05, 3.63) is 209 Å². The number of rotatable bonds is 13. The Hall–Kier alpha value is -6.65. The SMILES string of the molecule is O=c1cc(CCc2ccccc2)oc2c1[C@H](O)[C@@H](Oc1ccc(O[C@H]3c4c(oc(CCc5ccccc5)cc4=O)[C@@H](O)[C@H](O)[C@@H]3O)c3oc(CCc4ccccc4)cc(=O)c13)[C@@H](O)[C@@H]2O. The average Bonchev–Trinajstić information content (AvgIpc) is 3.32. The van der Waals surface area contributed by atoms with E-state index in [2.05, 4.69) is 0 Å². The minimum Gasteiger partial charge on any atom is -0.484 e. The van der Waals surface area contributed by atoms with Crippen LogP contribution in [0.4, 0.5) is 0 Å². The average molecular weight is 883 g/mol. The van der Waals surface area contributed by atoms with Gasteiger partial charge in [0.2, 0.25) is 0 Å². The molecule has 65 heavy (non-hydrogen) atoms. The Balaban J connectivity index is 1.07. The zero-order valence-corrected chi connectivity index (χ0v) is 34.9. The van der Waals surface area contributed by atoms with Crippen LogP contribution in [0.5, 0.6) is 11.5 Å². The van der Waals surface area contributed by atoms with E-state index >= 15 is 0 Å². The van der Waals surface area contributed by atoms with Gasteiger partial charge in [-0.2, -0.15) is 0 Å². The minimum atomic E-state index is -1.87. The summed E-state index contributed by atoms with van der Waals surface area (Å²) in [4.78, 5) is 41.5. The standard InChI is InChI=1S/C51H46O14/c52-33-24-30(19-16-27-10-4-1-5-11-27)61-47-37(65-50-40-35(54)26-32(21-18-29-14-8-3-9-15-29)63-49(40)43(57)42(56)44(50)58)23-22-36(38(33)47)64-51-41(55)39-34(53)25-31(62-48(39)45(59)46(51)60)20-17-28-12-6-2-7-13-28/h1-15,22-26,41-46,50-51,55-60H,16-21H2/t41-,42-,43-,44-,45-,46-,50-,51+/m0/s1. The zero-order valence-electron chi connectivity index (χ0n) is 34.9. The molecule has 7 aromatic rings. The molecule has 14 heteroatoms. The van der Waals surface area contributed by atoms with E-state index in [4.69, 9.17) is 22.7 Å². The number of hydrogen-bond donors (Lipinski definition) is 6. The highest BCUT2D eigenvalue weighted by Gasteiger charge is 2.48. The summed E-state index contributed by atoms with van der Waals surface area (Å²) in [5.41, 5.74) is 0.220. The third kappa shape index (κ3) is 8.79. The van der Waals surface area contributed by atoms with Gasteiger partial charge < -0.3 is 53.4 Å². The van der Waals surface area contributed by atoms with Crippen molar-refractivity contribution in [3.63, 3.8) is 0 Å². The van der Waals surface area contributed by atoms with Gasteiger partial charge in [-0.15, -0.1) is 0 Å². The number of aliphatic hydroxyl groups is 6. The second kappa shape index (κ2) is 18.4. The molecule has 8 atom stereocenters. The van der Waals surface area contributed by atoms with E-state index in [1.165, 1.54) is 30.3 Å². The number of benzene rings is 4. The molecule has 0 radical (unpaired) electrons. The molecule has 6 N–H and O–H groups in total. The maximum absolute atomic E-state index is 14.2. The zero-order chi connectivity index (χ0) is 45.4. The molecule has 0 saturated heterocycles. The van der Waals surface area contributed by atoms with Crippen LogP contribution in [0.25, 0.3) is 11.0 Å². The molecule has 0 bridgehead atoms. The highest BCUT2D eigenvalue weighted by molar-refractivity contribution is 5.88. The van der Waals surface area contributed by atoms with E-state index in [0.29, 0.717) is 32.1 Å². The van der Waals surface area contributed by atoms with Crippen LogP contribution in [-0.2, 0) is 38.5 Å². The van der Waals surface area contributed by atoms with E-state index in [-0.39, 0.29) is 68.8 Å². The molecule has 3 heterocycles. The highest BCUT2D eigenvalue weighted by Crippen LogP contribution is 2.43. The van der Waals surface area contributed by atoms with E-state index in [1.807, 2.05) is 91.0 Å². The molecule has 9 rings (SSSR count). The van der Waals surface area contributed by atoms with Crippen molar-refractivity contribution < 1.29 is 53.4 Å². The van der Waals surface area contributed by atoms with Crippen LogP contribution in [-0.4, -0.2) is 55.1 Å². The van der Waals surface area contributed by atoms with Gasteiger partial charge in [-0.25, -0.2) is 0 Å². The quantitative estimate of drug-likeness (QED) is 0.0912. The van der Waals surface area contributed by atoms with Crippen LogP contribution in [0.1, 0.15) is 81.0 Å². The lowest BCUT2D eigenvalue weighted by Gasteiger charge is -2.36. The van der Waals surface area contributed by atoms with E-state index in [0.717, 1.165) is 16.7 Å². The number of fused-ring (bicyclic) bond motifs is 3. The lowest BCUT2D eigenvalue weighted by Crippen LogP contribution is -2.47. The van der Waals surface area contributed by atoms with Gasteiger partial charge >= 0.3 is 0 Å². The van der Waals surface area contributed by atoms with Crippen LogP contribution in [0, 0.1) is 0 Å². The second-order valence-electron chi connectivity index (χ2n) is 16.4. The van der Waals surface area contributed by atoms with Gasteiger partial charge in [-0.05, 0) is 48.1 Å². The summed E-state index contributed by atoms with van der Waals surface area (Å²) >= 11 is 0. The molecule has 0 aliphatic heterocycles. The third-order valence-corrected chi connectivity index (χ3v) is 12.1. The first-order valence-corrected chi connectivity index (χ1v) is 21.4. The maximum atomic E-state index is 14.2.